The standard InChI is InChI=1S/C17H16Cl2NO3P/c1-2-23-24(22,14-11-7-4-8-12-14)17(15(18)19)20-16(21)13-9-5-3-6-10-13/h3-12H,2H2,1H3,(H,20,21). The average Bonchev–Trinajstić information content (AvgIpc) is 2.60. The van der Waals surface area contributed by atoms with Gasteiger partial charge < -0.3 is 9.84 Å². The van der Waals surface area contributed by atoms with Crippen LogP contribution >= 0.6 is 30.6 Å². The molecular weight excluding hydrogens is 368 g/mol. The predicted octanol–water partition coefficient (Wildman–Crippen LogP) is 4.66. The molecule has 2 aromatic carbocycles. The lowest BCUT2D eigenvalue weighted by Crippen LogP contribution is -2.26. The minimum Gasteiger partial charge on any atom is -0.321 e. The molecule has 0 radical (unpaired) electrons. The Morgan fingerprint density at radius 1 is 1.04 bits per heavy atom. The van der Waals surface area contributed by atoms with Crippen LogP contribution in [0.25, 0.3) is 0 Å². The van der Waals surface area contributed by atoms with Crippen LogP contribution in [0.1, 0.15) is 17.3 Å². The normalized spacial score (nSPS) is 13.0. The maximum Gasteiger partial charge on any atom is 0.279 e. The number of halogens is 2. The second-order valence-corrected chi connectivity index (χ2v) is 8.01. The molecule has 126 valence electrons. The van der Waals surface area contributed by atoms with E-state index >= 15 is 0 Å². The average molecular weight is 384 g/mol. The van der Waals surface area contributed by atoms with Crippen molar-refractivity contribution in [3.8, 4) is 0 Å². The minimum absolute atomic E-state index is 0.132. The zero-order valence-corrected chi connectivity index (χ0v) is 15.3. The topological polar surface area (TPSA) is 55.4 Å². The van der Waals surface area contributed by atoms with Gasteiger partial charge in [-0.1, -0.05) is 59.6 Å². The smallest absolute Gasteiger partial charge is 0.279 e. The monoisotopic (exact) mass is 383 g/mol. The Morgan fingerprint density at radius 3 is 2.08 bits per heavy atom. The number of benzene rings is 2. The van der Waals surface area contributed by atoms with Crippen LogP contribution in [0.3, 0.4) is 0 Å². The summed E-state index contributed by atoms with van der Waals surface area (Å²) in [7, 11) is -3.63. The van der Waals surface area contributed by atoms with E-state index in [0.717, 1.165) is 0 Å². The van der Waals surface area contributed by atoms with E-state index in [2.05, 4.69) is 5.32 Å². The highest BCUT2D eigenvalue weighted by atomic mass is 35.5. The molecule has 2 rings (SSSR count). The fourth-order valence-electron chi connectivity index (χ4n) is 2.08. The fourth-order valence-corrected chi connectivity index (χ4v) is 4.77. The van der Waals surface area contributed by atoms with Gasteiger partial charge in [-0.2, -0.15) is 0 Å². The summed E-state index contributed by atoms with van der Waals surface area (Å²) >= 11 is 11.8. The number of hydrogen-bond donors (Lipinski definition) is 1. The first-order chi connectivity index (χ1) is 11.5. The molecule has 1 amide bonds. The largest absolute Gasteiger partial charge is 0.321 e. The Labute approximate surface area is 150 Å². The maximum absolute atomic E-state index is 13.5. The molecule has 0 spiro atoms. The van der Waals surface area contributed by atoms with Crippen LogP contribution in [0.5, 0.6) is 0 Å². The Hall–Kier alpha value is -1.58. The molecule has 1 N–H and O–H groups in total. The van der Waals surface area contributed by atoms with Gasteiger partial charge in [0.05, 0.1) is 6.61 Å². The van der Waals surface area contributed by atoms with Crippen LogP contribution in [0, 0.1) is 0 Å². The Morgan fingerprint density at radius 2 is 1.58 bits per heavy atom. The number of carbonyl (C=O) groups is 1. The van der Waals surface area contributed by atoms with E-state index in [1.807, 2.05) is 0 Å². The molecule has 0 heterocycles. The second kappa shape index (κ2) is 8.50. The molecule has 0 aromatic heterocycles. The summed E-state index contributed by atoms with van der Waals surface area (Å²) in [6, 6.07) is 17.0. The summed E-state index contributed by atoms with van der Waals surface area (Å²) in [5, 5.41) is 2.94. The third kappa shape index (κ3) is 4.28. The zero-order valence-electron chi connectivity index (χ0n) is 12.9. The molecule has 0 saturated heterocycles. The van der Waals surface area contributed by atoms with Crippen LogP contribution in [0.2, 0.25) is 0 Å². The van der Waals surface area contributed by atoms with E-state index < -0.39 is 13.3 Å². The first kappa shape index (κ1) is 18.8. The van der Waals surface area contributed by atoms with Crippen molar-refractivity contribution >= 4 is 41.8 Å². The van der Waals surface area contributed by atoms with Crippen molar-refractivity contribution in [2.45, 2.75) is 6.92 Å². The van der Waals surface area contributed by atoms with E-state index in [9.17, 15) is 9.36 Å². The first-order valence-corrected chi connectivity index (χ1v) is 9.59. The molecule has 0 aliphatic carbocycles. The molecule has 1 unspecified atom stereocenters. The number of carbonyl (C=O) groups excluding carboxylic acids is 1. The molecule has 0 aliphatic heterocycles. The number of hydrogen-bond acceptors (Lipinski definition) is 3. The van der Waals surface area contributed by atoms with E-state index in [-0.39, 0.29) is 16.5 Å². The molecule has 1 atom stereocenters. The van der Waals surface area contributed by atoms with Crippen molar-refractivity contribution in [3.05, 3.63) is 76.2 Å². The summed E-state index contributed by atoms with van der Waals surface area (Å²) in [5.74, 6) is -0.472. The lowest BCUT2D eigenvalue weighted by molar-refractivity contribution is 0.0967. The lowest BCUT2D eigenvalue weighted by atomic mass is 10.2. The highest BCUT2D eigenvalue weighted by Gasteiger charge is 2.34. The van der Waals surface area contributed by atoms with E-state index in [0.29, 0.717) is 10.9 Å². The van der Waals surface area contributed by atoms with Crippen molar-refractivity contribution in [3.63, 3.8) is 0 Å². The maximum atomic E-state index is 13.5. The van der Waals surface area contributed by atoms with Crippen molar-refractivity contribution in [2.24, 2.45) is 0 Å². The van der Waals surface area contributed by atoms with E-state index in [1.54, 1.807) is 67.6 Å². The van der Waals surface area contributed by atoms with Gasteiger partial charge in [0.25, 0.3) is 13.3 Å². The Bertz CT molecular complexity index is 775. The third-order valence-corrected chi connectivity index (χ3v) is 6.31. The molecule has 0 bridgehead atoms. The van der Waals surface area contributed by atoms with Gasteiger partial charge in [0.15, 0.2) is 0 Å². The molecule has 0 saturated carbocycles. The van der Waals surface area contributed by atoms with Gasteiger partial charge in [-0.25, -0.2) is 0 Å². The molecule has 24 heavy (non-hydrogen) atoms. The van der Waals surface area contributed by atoms with Crippen LogP contribution in [0.4, 0.5) is 0 Å². The number of amides is 1. The number of rotatable bonds is 6. The quantitative estimate of drug-likeness (QED) is 0.737. The van der Waals surface area contributed by atoms with Crippen LogP contribution < -0.4 is 10.6 Å². The first-order valence-electron chi connectivity index (χ1n) is 7.21. The van der Waals surface area contributed by atoms with Crippen LogP contribution in [-0.4, -0.2) is 12.5 Å². The van der Waals surface area contributed by atoms with Gasteiger partial charge in [0.1, 0.15) is 9.93 Å². The van der Waals surface area contributed by atoms with Gasteiger partial charge >= 0.3 is 0 Å². The van der Waals surface area contributed by atoms with Crippen molar-refractivity contribution in [1.29, 1.82) is 0 Å². The summed E-state index contributed by atoms with van der Waals surface area (Å²) in [5.41, 5.74) is 0.258. The molecular formula is C17H16Cl2NO3P. The van der Waals surface area contributed by atoms with Gasteiger partial charge in [-0.3, -0.25) is 9.36 Å². The number of nitrogens with one attached hydrogen (secondary N) is 1. The SMILES string of the molecule is CCOP(=O)(C(NC(=O)c1ccccc1)=C(Cl)Cl)c1ccccc1. The van der Waals surface area contributed by atoms with Gasteiger partial charge in [-0.15, -0.1) is 0 Å². The van der Waals surface area contributed by atoms with Crippen molar-refractivity contribution < 1.29 is 13.9 Å². The third-order valence-electron chi connectivity index (χ3n) is 3.15. The molecule has 0 aliphatic rings. The summed E-state index contributed by atoms with van der Waals surface area (Å²) in [6.07, 6.45) is 0. The van der Waals surface area contributed by atoms with Gasteiger partial charge in [-0.05, 0) is 31.2 Å². The molecule has 2 aromatic rings. The lowest BCUT2D eigenvalue weighted by Gasteiger charge is -2.22. The van der Waals surface area contributed by atoms with Crippen LogP contribution in [0.15, 0.2) is 70.6 Å². The molecule has 0 fully saturated rings. The predicted molar refractivity (Wildman–Crippen MR) is 97.9 cm³/mol. The highest BCUT2D eigenvalue weighted by molar-refractivity contribution is 7.71. The summed E-state index contributed by atoms with van der Waals surface area (Å²) in [6.45, 7) is 1.87. The van der Waals surface area contributed by atoms with Crippen LogP contribution in [-0.2, 0) is 9.09 Å². The van der Waals surface area contributed by atoms with Gasteiger partial charge in [0.2, 0.25) is 0 Å². The van der Waals surface area contributed by atoms with Crippen molar-refractivity contribution in [2.75, 3.05) is 6.61 Å². The molecule has 4 nitrogen and oxygen atoms in total. The summed E-state index contributed by atoms with van der Waals surface area (Å²) < 4.78 is 18.6. The fraction of sp³-hybridized carbons (Fsp3) is 0.118. The minimum atomic E-state index is -3.63. The van der Waals surface area contributed by atoms with E-state index in [4.69, 9.17) is 27.7 Å². The highest BCUT2D eigenvalue weighted by Crippen LogP contribution is 2.54. The molecule has 7 heteroatoms. The Kier molecular flexibility index (Phi) is 6.64. The zero-order chi connectivity index (χ0) is 17.6. The van der Waals surface area contributed by atoms with Crippen molar-refractivity contribution in [1.82, 2.24) is 5.32 Å². The van der Waals surface area contributed by atoms with E-state index in [1.165, 1.54) is 0 Å². The van der Waals surface area contributed by atoms with Gasteiger partial charge in [0, 0.05) is 10.9 Å². The summed E-state index contributed by atoms with van der Waals surface area (Å²) in [4.78, 5) is 12.4. The Balaban J connectivity index is 2.43. The second-order valence-electron chi connectivity index (χ2n) is 4.73.